The van der Waals surface area contributed by atoms with Gasteiger partial charge in [-0.15, -0.1) is 0 Å². The van der Waals surface area contributed by atoms with Gasteiger partial charge >= 0.3 is 18.4 Å². The summed E-state index contributed by atoms with van der Waals surface area (Å²) in [6.45, 7) is 0. The van der Waals surface area contributed by atoms with E-state index >= 15 is 0 Å². The van der Waals surface area contributed by atoms with Gasteiger partial charge in [0.15, 0.2) is 11.4 Å². The summed E-state index contributed by atoms with van der Waals surface area (Å²) in [4.78, 5) is 12.0. The molecular weight excluding hydrogens is 475 g/mol. The van der Waals surface area contributed by atoms with E-state index in [2.05, 4.69) is 5.10 Å². The van der Waals surface area contributed by atoms with E-state index in [9.17, 15) is 31.1 Å². The predicted octanol–water partition coefficient (Wildman–Crippen LogP) is 6.83. The molecule has 0 aliphatic rings. The van der Waals surface area contributed by atoms with Crippen molar-refractivity contribution in [2.45, 2.75) is 12.4 Å². The Morgan fingerprint density at radius 2 is 1.61 bits per heavy atom. The first-order chi connectivity index (χ1) is 14.4. The number of hydrogen-bond donors (Lipinski definition) is 1. The van der Waals surface area contributed by atoms with Crippen molar-refractivity contribution in [3.63, 3.8) is 0 Å². The van der Waals surface area contributed by atoms with Gasteiger partial charge in [0, 0.05) is 5.02 Å². The fourth-order valence-electron chi connectivity index (χ4n) is 2.47. The molecule has 3 rings (SSSR count). The SMILES string of the molecule is O=C(Nc1ccc(C(F)(F)F)cc1Cl)Oc1cnn(-c2ccc(Cl)cc2)c1C(F)(F)F. The van der Waals surface area contributed by atoms with Crippen LogP contribution in [-0.2, 0) is 12.4 Å². The molecule has 31 heavy (non-hydrogen) atoms. The number of amides is 1. The summed E-state index contributed by atoms with van der Waals surface area (Å²) in [5, 5.41) is 5.39. The van der Waals surface area contributed by atoms with Crippen molar-refractivity contribution in [1.82, 2.24) is 9.78 Å². The van der Waals surface area contributed by atoms with Gasteiger partial charge in [-0.2, -0.15) is 31.4 Å². The molecule has 1 N–H and O–H groups in total. The van der Waals surface area contributed by atoms with Crippen LogP contribution in [0.25, 0.3) is 5.69 Å². The zero-order valence-corrected chi connectivity index (χ0v) is 16.4. The van der Waals surface area contributed by atoms with E-state index < -0.39 is 40.5 Å². The molecule has 13 heteroatoms. The molecule has 1 aromatic heterocycles. The van der Waals surface area contributed by atoms with Crippen LogP contribution in [0.5, 0.6) is 5.75 Å². The Labute approximate surface area is 180 Å². The van der Waals surface area contributed by atoms with Gasteiger partial charge in [0.2, 0.25) is 0 Å². The number of aromatic nitrogens is 2. The Kier molecular flexibility index (Phi) is 6.10. The standard InChI is InChI=1S/C18H9Cl2F6N3O2/c19-10-2-4-11(5-3-10)29-15(18(24,25)26)14(8-27-29)31-16(30)28-13-6-1-9(7-12(13)20)17(21,22)23/h1-8H,(H,28,30). The number of alkyl halides is 6. The Morgan fingerprint density at radius 3 is 2.16 bits per heavy atom. The molecule has 0 fully saturated rings. The van der Waals surface area contributed by atoms with E-state index in [1.165, 1.54) is 24.3 Å². The van der Waals surface area contributed by atoms with Crippen molar-refractivity contribution in [3.05, 3.63) is 70.0 Å². The largest absolute Gasteiger partial charge is 0.437 e. The summed E-state index contributed by atoms with van der Waals surface area (Å²) in [5.41, 5.74) is -2.75. The summed E-state index contributed by atoms with van der Waals surface area (Å²) >= 11 is 11.4. The number of halogens is 8. The number of rotatable bonds is 3. The minimum Gasteiger partial charge on any atom is -0.406 e. The molecule has 0 radical (unpaired) electrons. The molecule has 0 unspecified atom stereocenters. The van der Waals surface area contributed by atoms with Crippen LogP contribution in [0.4, 0.5) is 36.8 Å². The lowest BCUT2D eigenvalue weighted by Crippen LogP contribution is -2.20. The molecule has 1 amide bonds. The van der Waals surface area contributed by atoms with E-state index in [0.29, 0.717) is 23.0 Å². The molecule has 0 aliphatic carbocycles. The van der Waals surface area contributed by atoms with Crippen LogP contribution in [0.3, 0.4) is 0 Å². The number of benzene rings is 2. The van der Waals surface area contributed by atoms with Crippen LogP contribution in [0.15, 0.2) is 48.7 Å². The van der Waals surface area contributed by atoms with Gasteiger partial charge in [0.05, 0.1) is 28.2 Å². The third kappa shape index (κ3) is 5.23. The highest BCUT2D eigenvalue weighted by Gasteiger charge is 2.40. The normalized spacial score (nSPS) is 12.0. The Balaban J connectivity index is 1.86. The third-order valence-corrected chi connectivity index (χ3v) is 4.38. The Hall–Kier alpha value is -2.92. The molecule has 0 aliphatic heterocycles. The van der Waals surface area contributed by atoms with Crippen molar-refractivity contribution in [2.75, 3.05) is 5.32 Å². The van der Waals surface area contributed by atoms with Gasteiger partial charge in [-0.3, -0.25) is 5.32 Å². The number of anilines is 1. The molecule has 0 atom stereocenters. The summed E-state index contributed by atoms with van der Waals surface area (Å²) in [6, 6.07) is 7.27. The number of ether oxygens (including phenoxy) is 1. The highest BCUT2D eigenvalue weighted by Crippen LogP contribution is 2.38. The average Bonchev–Trinajstić information content (AvgIpc) is 3.07. The van der Waals surface area contributed by atoms with Crippen molar-refractivity contribution >= 4 is 35.0 Å². The fourth-order valence-corrected chi connectivity index (χ4v) is 2.83. The second-order valence-electron chi connectivity index (χ2n) is 5.95. The monoisotopic (exact) mass is 483 g/mol. The van der Waals surface area contributed by atoms with E-state index in [4.69, 9.17) is 27.9 Å². The average molecular weight is 484 g/mol. The predicted molar refractivity (Wildman–Crippen MR) is 99.7 cm³/mol. The lowest BCUT2D eigenvalue weighted by Gasteiger charge is -2.13. The minimum absolute atomic E-state index is 0.00207. The summed E-state index contributed by atoms with van der Waals surface area (Å²) in [6.07, 6.45) is -10.4. The molecule has 0 saturated heterocycles. The smallest absolute Gasteiger partial charge is 0.406 e. The van der Waals surface area contributed by atoms with Gasteiger partial charge < -0.3 is 4.74 Å². The van der Waals surface area contributed by atoms with Gasteiger partial charge in [-0.05, 0) is 42.5 Å². The number of carbonyl (C=O) groups is 1. The van der Waals surface area contributed by atoms with E-state index in [1.807, 2.05) is 5.32 Å². The van der Waals surface area contributed by atoms with E-state index in [-0.39, 0.29) is 16.4 Å². The third-order valence-electron chi connectivity index (χ3n) is 3.81. The van der Waals surface area contributed by atoms with Crippen LogP contribution in [0.2, 0.25) is 10.0 Å². The van der Waals surface area contributed by atoms with Gasteiger partial charge in [0.1, 0.15) is 0 Å². The Morgan fingerprint density at radius 1 is 0.968 bits per heavy atom. The second-order valence-corrected chi connectivity index (χ2v) is 6.79. The number of nitrogens with one attached hydrogen (secondary N) is 1. The molecule has 164 valence electrons. The van der Waals surface area contributed by atoms with Gasteiger partial charge in [-0.25, -0.2) is 9.48 Å². The Bertz CT molecular complexity index is 1110. The van der Waals surface area contributed by atoms with Gasteiger partial charge in [-0.1, -0.05) is 23.2 Å². The number of nitrogens with zero attached hydrogens (tertiary/aromatic N) is 2. The molecule has 1 heterocycles. The lowest BCUT2D eigenvalue weighted by molar-refractivity contribution is -0.143. The minimum atomic E-state index is -4.96. The van der Waals surface area contributed by atoms with Crippen molar-refractivity contribution < 1.29 is 35.9 Å². The van der Waals surface area contributed by atoms with E-state index in [0.717, 1.165) is 6.07 Å². The fraction of sp³-hybridized carbons (Fsp3) is 0.111. The molecule has 0 saturated carbocycles. The van der Waals surface area contributed by atoms with E-state index in [1.54, 1.807) is 0 Å². The van der Waals surface area contributed by atoms with Crippen LogP contribution in [-0.4, -0.2) is 15.9 Å². The topological polar surface area (TPSA) is 56.1 Å². The molecular formula is C18H9Cl2F6N3O2. The zero-order chi connectivity index (χ0) is 23.0. The first-order valence-electron chi connectivity index (χ1n) is 8.13. The summed E-state index contributed by atoms with van der Waals surface area (Å²) in [5.74, 6) is -0.928. The zero-order valence-electron chi connectivity index (χ0n) is 14.9. The second kappa shape index (κ2) is 8.31. The van der Waals surface area contributed by atoms with Gasteiger partial charge in [0.25, 0.3) is 0 Å². The molecule has 0 spiro atoms. The first-order valence-corrected chi connectivity index (χ1v) is 8.88. The maximum atomic E-state index is 13.6. The quantitative estimate of drug-likeness (QED) is 0.415. The first kappa shape index (κ1) is 22.8. The van der Waals surface area contributed by atoms with Crippen LogP contribution < -0.4 is 10.1 Å². The van der Waals surface area contributed by atoms with Crippen molar-refractivity contribution in [2.24, 2.45) is 0 Å². The number of hydrogen-bond acceptors (Lipinski definition) is 3. The maximum Gasteiger partial charge on any atom is 0.437 e. The molecule has 5 nitrogen and oxygen atoms in total. The van der Waals surface area contributed by atoms with Crippen molar-refractivity contribution in [1.29, 1.82) is 0 Å². The lowest BCUT2D eigenvalue weighted by atomic mass is 10.2. The highest BCUT2D eigenvalue weighted by atomic mass is 35.5. The summed E-state index contributed by atoms with van der Waals surface area (Å²) in [7, 11) is 0. The molecule has 2 aromatic carbocycles. The highest BCUT2D eigenvalue weighted by molar-refractivity contribution is 6.33. The maximum absolute atomic E-state index is 13.6. The van der Waals surface area contributed by atoms with Crippen LogP contribution in [0, 0.1) is 0 Å². The van der Waals surface area contributed by atoms with Crippen LogP contribution >= 0.6 is 23.2 Å². The number of carbonyl (C=O) groups excluding carboxylic acids is 1. The molecule has 3 aromatic rings. The van der Waals surface area contributed by atoms with Crippen LogP contribution in [0.1, 0.15) is 11.3 Å². The van der Waals surface area contributed by atoms with Crippen molar-refractivity contribution in [3.8, 4) is 11.4 Å². The molecule has 0 bridgehead atoms. The summed E-state index contributed by atoms with van der Waals surface area (Å²) < 4.78 is 84.0.